The lowest BCUT2D eigenvalue weighted by molar-refractivity contribution is 0.0696. The average Bonchev–Trinajstić information content (AvgIpc) is 2.43. The number of carbonyl (C=O) groups is 1. The fraction of sp³-hybridized carbons (Fsp3) is 0.0833. The molecule has 0 aliphatic carbocycles. The van der Waals surface area contributed by atoms with Gasteiger partial charge in [-0.3, -0.25) is 0 Å². The monoisotopic (exact) mass is 314 g/mol. The van der Waals surface area contributed by atoms with E-state index >= 15 is 0 Å². The second kappa shape index (κ2) is 5.94. The van der Waals surface area contributed by atoms with Gasteiger partial charge in [-0.25, -0.2) is 4.79 Å². The molecule has 0 atom stereocenters. The van der Waals surface area contributed by atoms with Gasteiger partial charge in [0.25, 0.3) is 0 Å². The Kier molecular flexibility index (Phi) is 4.26. The fourth-order valence-corrected chi connectivity index (χ4v) is 1.68. The maximum Gasteiger partial charge on any atom is 0.335 e. The van der Waals surface area contributed by atoms with Crippen molar-refractivity contribution in [1.29, 1.82) is 0 Å². The lowest BCUT2D eigenvalue weighted by Gasteiger charge is -2.11. The second-order valence-corrected chi connectivity index (χ2v) is 4.34. The van der Waals surface area contributed by atoms with Crippen LogP contribution in [0.3, 0.4) is 0 Å². The van der Waals surface area contributed by atoms with E-state index in [1.54, 1.807) is 0 Å². The third-order valence-corrected chi connectivity index (χ3v) is 2.76. The van der Waals surface area contributed by atoms with E-state index in [0.717, 1.165) is 0 Å². The van der Waals surface area contributed by atoms with Crippen molar-refractivity contribution in [3.63, 3.8) is 0 Å². The highest BCUT2D eigenvalue weighted by Gasteiger charge is 2.13. The number of rotatable bonds is 4. The zero-order valence-electron chi connectivity index (χ0n) is 10.1. The molecule has 6 nitrogen and oxygen atoms in total. The summed E-state index contributed by atoms with van der Waals surface area (Å²) in [5, 5.41) is 16.2. The summed E-state index contributed by atoms with van der Waals surface area (Å²) in [5.74, 6) is -0.355. The molecule has 1 heterocycles. The first-order chi connectivity index (χ1) is 9.51. The molecule has 104 valence electrons. The molecule has 0 fully saturated rings. The molecule has 1 N–H and O–H groups in total. The zero-order chi connectivity index (χ0) is 14.7. The molecule has 0 spiro atoms. The predicted octanol–water partition coefficient (Wildman–Crippen LogP) is 3.28. The molecule has 0 radical (unpaired) electrons. The molecular weight excluding hydrogens is 307 g/mol. The van der Waals surface area contributed by atoms with Gasteiger partial charge in [-0.2, -0.15) is 0 Å². The van der Waals surface area contributed by atoms with Crippen LogP contribution in [0.5, 0.6) is 17.2 Å². The molecule has 0 bridgehead atoms. The minimum absolute atomic E-state index is 0.0266. The smallest absolute Gasteiger partial charge is 0.335 e. The van der Waals surface area contributed by atoms with Crippen LogP contribution in [0.4, 0.5) is 0 Å². The maximum atomic E-state index is 10.9. The summed E-state index contributed by atoms with van der Waals surface area (Å²) in [6, 6.07) is 5.56. The van der Waals surface area contributed by atoms with Crippen LogP contribution in [0.25, 0.3) is 0 Å². The van der Waals surface area contributed by atoms with Gasteiger partial charge in [0.2, 0.25) is 0 Å². The third kappa shape index (κ3) is 3.09. The molecule has 2 aromatic rings. The lowest BCUT2D eigenvalue weighted by atomic mass is 10.2. The molecule has 1 aromatic carbocycles. The van der Waals surface area contributed by atoms with E-state index in [4.69, 9.17) is 37.8 Å². The SMILES string of the molecule is COc1cc(C(=O)O)ccc1Oc1cc(Cl)nnc1Cl. The van der Waals surface area contributed by atoms with Gasteiger partial charge in [0, 0.05) is 6.07 Å². The Morgan fingerprint density at radius 1 is 1.15 bits per heavy atom. The van der Waals surface area contributed by atoms with Crippen LogP contribution in [0.2, 0.25) is 10.3 Å². The number of carboxylic acid groups (broad SMARTS) is 1. The standard InChI is InChI=1S/C12H8Cl2N2O4/c1-19-8-4-6(12(17)18)2-3-7(8)20-9-5-10(13)15-16-11(9)14/h2-5H,1H3,(H,17,18). The molecule has 0 saturated carbocycles. The van der Waals surface area contributed by atoms with Gasteiger partial charge in [0.05, 0.1) is 12.7 Å². The summed E-state index contributed by atoms with van der Waals surface area (Å²) in [5.41, 5.74) is 0.0752. The lowest BCUT2D eigenvalue weighted by Crippen LogP contribution is -1.99. The number of halogens is 2. The predicted molar refractivity (Wildman–Crippen MR) is 72.1 cm³/mol. The summed E-state index contributed by atoms with van der Waals surface area (Å²) < 4.78 is 10.6. The number of benzene rings is 1. The van der Waals surface area contributed by atoms with Gasteiger partial charge < -0.3 is 14.6 Å². The van der Waals surface area contributed by atoms with E-state index in [-0.39, 0.29) is 33.1 Å². The Labute approximate surface area is 123 Å². The highest BCUT2D eigenvalue weighted by molar-refractivity contribution is 6.32. The quantitative estimate of drug-likeness (QED) is 0.932. The maximum absolute atomic E-state index is 10.9. The molecule has 0 aliphatic heterocycles. The molecule has 8 heteroatoms. The van der Waals surface area contributed by atoms with Crippen molar-refractivity contribution in [2.45, 2.75) is 0 Å². The van der Waals surface area contributed by atoms with E-state index in [1.807, 2.05) is 0 Å². The molecule has 20 heavy (non-hydrogen) atoms. The number of aromatic nitrogens is 2. The first-order valence-electron chi connectivity index (χ1n) is 5.29. The Bertz CT molecular complexity index is 664. The Hall–Kier alpha value is -2.05. The molecule has 0 saturated heterocycles. The van der Waals surface area contributed by atoms with Crippen LogP contribution in [0.15, 0.2) is 24.3 Å². The molecule has 0 aliphatic rings. The summed E-state index contributed by atoms with van der Waals surface area (Å²) in [6.45, 7) is 0. The topological polar surface area (TPSA) is 81.5 Å². The number of nitrogens with zero attached hydrogens (tertiary/aromatic N) is 2. The highest BCUT2D eigenvalue weighted by Crippen LogP contribution is 2.35. The van der Waals surface area contributed by atoms with Crippen molar-refractivity contribution in [2.24, 2.45) is 0 Å². The molecule has 0 unspecified atom stereocenters. The molecule has 2 rings (SSSR count). The molecular formula is C12H8Cl2N2O4. The Morgan fingerprint density at radius 3 is 2.55 bits per heavy atom. The third-order valence-electron chi connectivity index (χ3n) is 2.32. The number of aromatic carboxylic acids is 1. The summed E-state index contributed by atoms with van der Waals surface area (Å²) in [6.07, 6.45) is 0. The minimum atomic E-state index is -1.07. The number of carboxylic acids is 1. The number of methoxy groups -OCH3 is 1. The van der Waals surface area contributed by atoms with Crippen molar-refractivity contribution in [3.8, 4) is 17.2 Å². The van der Waals surface area contributed by atoms with Crippen LogP contribution < -0.4 is 9.47 Å². The van der Waals surface area contributed by atoms with Crippen molar-refractivity contribution in [3.05, 3.63) is 40.1 Å². The first kappa shape index (κ1) is 14.4. The van der Waals surface area contributed by atoms with Gasteiger partial charge in [0.1, 0.15) is 0 Å². The van der Waals surface area contributed by atoms with E-state index in [1.165, 1.54) is 31.4 Å². The normalized spacial score (nSPS) is 10.2. The van der Waals surface area contributed by atoms with Crippen LogP contribution in [-0.2, 0) is 0 Å². The van der Waals surface area contributed by atoms with Gasteiger partial charge in [-0.1, -0.05) is 23.2 Å². The van der Waals surface area contributed by atoms with Crippen molar-refractivity contribution < 1.29 is 19.4 Å². The number of hydrogen-bond donors (Lipinski definition) is 1. The number of hydrogen-bond acceptors (Lipinski definition) is 5. The largest absolute Gasteiger partial charge is 0.493 e. The van der Waals surface area contributed by atoms with E-state index < -0.39 is 5.97 Å². The van der Waals surface area contributed by atoms with E-state index in [9.17, 15) is 4.79 Å². The summed E-state index contributed by atoms with van der Waals surface area (Å²) in [4.78, 5) is 10.9. The minimum Gasteiger partial charge on any atom is -0.493 e. The molecule has 0 amide bonds. The average molecular weight is 315 g/mol. The van der Waals surface area contributed by atoms with Crippen LogP contribution in [-0.4, -0.2) is 28.4 Å². The first-order valence-corrected chi connectivity index (χ1v) is 6.04. The van der Waals surface area contributed by atoms with Crippen molar-refractivity contribution in [1.82, 2.24) is 10.2 Å². The van der Waals surface area contributed by atoms with Crippen LogP contribution in [0.1, 0.15) is 10.4 Å². The fourth-order valence-electron chi connectivity index (χ4n) is 1.41. The van der Waals surface area contributed by atoms with Crippen molar-refractivity contribution in [2.75, 3.05) is 7.11 Å². The second-order valence-electron chi connectivity index (χ2n) is 3.59. The van der Waals surface area contributed by atoms with Crippen LogP contribution in [0, 0.1) is 0 Å². The van der Waals surface area contributed by atoms with Crippen LogP contribution >= 0.6 is 23.2 Å². The van der Waals surface area contributed by atoms with Gasteiger partial charge in [0.15, 0.2) is 27.6 Å². The Balaban J connectivity index is 2.38. The summed E-state index contributed by atoms with van der Waals surface area (Å²) in [7, 11) is 1.40. The summed E-state index contributed by atoms with van der Waals surface area (Å²) >= 11 is 11.5. The highest BCUT2D eigenvalue weighted by atomic mass is 35.5. The Morgan fingerprint density at radius 2 is 1.90 bits per heavy atom. The van der Waals surface area contributed by atoms with E-state index in [2.05, 4.69) is 10.2 Å². The van der Waals surface area contributed by atoms with Gasteiger partial charge in [-0.05, 0) is 18.2 Å². The number of ether oxygens (including phenoxy) is 2. The van der Waals surface area contributed by atoms with Gasteiger partial charge in [-0.15, -0.1) is 10.2 Å². The zero-order valence-corrected chi connectivity index (χ0v) is 11.6. The van der Waals surface area contributed by atoms with E-state index in [0.29, 0.717) is 0 Å². The van der Waals surface area contributed by atoms with Crippen molar-refractivity contribution >= 4 is 29.2 Å². The molecule has 1 aromatic heterocycles. The van der Waals surface area contributed by atoms with Gasteiger partial charge >= 0.3 is 5.97 Å².